The zero-order valence-electron chi connectivity index (χ0n) is 12.5. The van der Waals surface area contributed by atoms with Crippen molar-refractivity contribution in [3.05, 3.63) is 0 Å². The first-order chi connectivity index (χ1) is 8.04. The Balaban J connectivity index is 3.42. The van der Waals surface area contributed by atoms with Crippen LogP contribution in [-0.4, -0.2) is 5.78 Å². The minimum absolute atomic E-state index is 0.0863. The first kappa shape index (κ1) is 16.7. The van der Waals surface area contributed by atoms with E-state index >= 15 is 0 Å². The molecular weight excluding hydrogens is 208 g/mol. The molecule has 17 heavy (non-hydrogen) atoms. The summed E-state index contributed by atoms with van der Waals surface area (Å²) in [5, 5.41) is 0. The molecule has 0 N–H and O–H groups in total. The first-order valence-electron chi connectivity index (χ1n) is 7.58. The van der Waals surface area contributed by atoms with E-state index in [0.717, 1.165) is 6.42 Å². The third-order valence-electron chi connectivity index (χ3n) is 3.73. The largest absolute Gasteiger partial charge is 0.299 e. The Labute approximate surface area is 108 Å². The van der Waals surface area contributed by atoms with Crippen LogP contribution in [0, 0.1) is 5.41 Å². The van der Waals surface area contributed by atoms with Crippen LogP contribution in [0.4, 0.5) is 0 Å². The second-order valence-electron chi connectivity index (χ2n) is 5.89. The van der Waals surface area contributed by atoms with Crippen molar-refractivity contribution in [3.63, 3.8) is 0 Å². The van der Waals surface area contributed by atoms with Gasteiger partial charge in [-0.05, 0) is 6.42 Å². The molecule has 1 nitrogen and oxygen atoms in total. The predicted molar refractivity (Wildman–Crippen MR) is 76.3 cm³/mol. The summed E-state index contributed by atoms with van der Waals surface area (Å²) < 4.78 is 0. The van der Waals surface area contributed by atoms with Gasteiger partial charge in [0.05, 0.1) is 0 Å². The molecule has 0 rings (SSSR count). The number of hydrogen-bond donors (Lipinski definition) is 0. The van der Waals surface area contributed by atoms with Crippen LogP contribution in [0.2, 0.25) is 0 Å². The zero-order valence-corrected chi connectivity index (χ0v) is 12.5. The SMILES string of the molecule is CCCCCCCCCCC(C)(C)C(=O)CC. The molecule has 0 bridgehead atoms. The third kappa shape index (κ3) is 8.40. The van der Waals surface area contributed by atoms with Crippen LogP contribution in [-0.2, 0) is 4.79 Å². The fraction of sp³-hybridized carbons (Fsp3) is 0.938. The van der Waals surface area contributed by atoms with Crippen LogP contribution >= 0.6 is 0 Å². The molecule has 0 radical (unpaired) electrons. The van der Waals surface area contributed by atoms with E-state index in [1.165, 1.54) is 51.4 Å². The molecule has 0 aliphatic carbocycles. The van der Waals surface area contributed by atoms with E-state index in [2.05, 4.69) is 20.8 Å². The lowest BCUT2D eigenvalue weighted by Crippen LogP contribution is -2.23. The van der Waals surface area contributed by atoms with E-state index in [4.69, 9.17) is 0 Å². The summed E-state index contributed by atoms with van der Waals surface area (Å²) >= 11 is 0. The van der Waals surface area contributed by atoms with Gasteiger partial charge in [-0.3, -0.25) is 4.79 Å². The van der Waals surface area contributed by atoms with Gasteiger partial charge in [0.2, 0.25) is 0 Å². The summed E-state index contributed by atoms with van der Waals surface area (Å²) in [5.74, 6) is 0.417. The van der Waals surface area contributed by atoms with Gasteiger partial charge in [0.1, 0.15) is 5.78 Å². The molecule has 0 saturated heterocycles. The number of ketones is 1. The van der Waals surface area contributed by atoms with Crippen LogP contribution < -0.4 is 0 Å². The van der Waals surface area contributed by atoms with Gasteiger partial charge >= 0.3 is 0 Å². The number of carbonyl (C=O) groups is 1. The molecule has 102 valence electrons. The van der Waals surface area contributed by atoms with Gasteiger partial charge in [-0.15, -0.1) is 0 Å². The van der Waals surface area contributed by atoms with Crippen LogP contribution in [0.5, 0.6) is 0 Å². The highest BCUT2D eigenvalue weighted by atomic mass is 16.1. The lowest BCUT2D eigenvalue weighted by Gasteiger charge is -2.22. The predicted octanol–water partition coefficient (Wildman–Crippen LogP) is 5.52. The number of Topliss-reactive ketones (excluding diaryl/α,β-unsaturated/α-hetero) is 1. The Morgan fingerprint density at radius 3 is 1.76 bits per heavy atom. The quantitative estimate of drug-likeness (QED) is 0.434. The minimum Gasteiger partial charge on any atom is -0.299 e. The van der Waals surface area contributed by atoms with Crippen molar-refractivity contribution in [1.29, 1.82) is 0 Å². The molecule has 1 heteroatoms. The van der Waals surface area contributed by atoms with Crippen molar-refractivity contribution in [3.8, 4) is 0 Å². The van der Waals surface area contributed by atoms with E-state index in [1.54, 1.807) is 0 Å². The van der Waals surface area contributed by atoms with Gasteiger partial charge in [-0.2, -0.15) is 0 Å². The van der Waals surface area contributed by atoms with Crippen molar-refractivity contribution in [2.45, 2.75) is 91.9 Å². The van der Waals surface area contributed by atoms with Gasteiger partial charge in [0.15, 0.2) is 0 Å². The Kier molecular flexibility index (Phi) is 9.49. The van der Waals surface area contributed by atoms with Crippen LogP contribution in [0.3, 0.4) is 0 Å². The summed E-state index contributed by atoms with van der Waals surface area (Å²) in [6.45, 7) is 8.42. The Morgan fingerprint density at radius 1 is 0.824 bits per heavy atom. The summed E-state index contributed by atoms with van der Waals surface area (Å²) in [6, 6.07) is 0. The summed E-state index contributed by atoms with van der Waals surface area (Å²) in [7, 11) is 0. The summed E-state index contributed by atoms with van der Waals surface area (Å²) in [4.78, 5) is 11.7. The molecule has 0 fully saturated rings. The molecule has 0 saturated carbocycles. The molecule has 0 amide bonds. The van der Waals surface area contributed by atoms with Crippen molar-refractivity contribution >= 4 is 5.78 Å². The highest BCUT2D eigenvalue weighted by Crippen LogP contribution is 2.26. The smallest absolute Gasteiger partial charge is 0.138 e. The standard InChI is InChI=1S/C16H32O/c1-5-7-8-9-10-11-12-13-14-16(3,4)15(17)6-2/h5-14H2,1-4H3. The zero-order chi connectivity index (χ0) is 13.1. The average molecular weight is 240 g/mol. The maximum absolute atomic E-state index is 11.7. The number of hydrogen-bond acceptors (Lipinski definition) is 1. The Morgan fingerprint density at radius 2 is 1.29 bits per heavy atom. The lowest BCUT2D eigenvalue weighted by atomic mass is 9.81. The Hall–Kier alpha value is -0.330. The summed E-state index contributed by atoms with van der Waals surface area (Å²) in [5.41, 5.74) is -0.0863. The van der Waals surface area contributed by atoms with Gasteiger partial charge in [0.25, 0.3) is 0 Å². The lowest BCUT2D eigenvalue weighted by molar-refractivity contribution is -0.127. The third-order valence-corrected chi connectivity index (χ3v) is 3.73. The van der Waals surface area contributed by atoms with E-state index < -0.39 is 0 Å². The normalized spacial score (nSPS) is 11.8. The molecule has 0 atom stereocenters. The Bertz CT molecular complexity index is 194. The van der Waals surface area contributed by atoms with Crippen molar-refractivity contribution < 1.29 is 4.79 Å². The number of rotatable bonds is 11. The minimum atomic E-state index is -0.0863. The molecule has 0 unspecified atom stereocenters. The fourth-order valence-electron chi connectivity index (χ4n) is 2.32. The van der Waals surface area contributed by atoms with Crippen LogP contribution in [0.25, 0.3) is 0 Å². The molecular formula is C16H32O. The topological polar surface area (TPSA) is 17.1 Å². The number of unbranched alkanes of at least 4 members (excludes halogenated alkanes) is 7. The first-order valence-corrected chi connectivity index (χ1v) is 7.58. The maximum Gasteiger partial charge on any atom is 0.138 e. The monoisotopic (exact) mass is 240 g/mol. The average Bonchev–Trinajstić information content (AvgIpc) is 2.31. The van der Waals surface area contributed by atoms with Crippen molar-refractivity contribution in [2.24, 2.45) is 5.41 Å². The van der Waals surface area contributed by atoms with Gasteiger partial charge in [-0.25, -0.2) is 0 Å². The van der Waals surface area contributed by atoms with Crippen molar-refractivity contribution in [2.75, 3.05) is 0 Å². The second kappa shape index (κ2) is 9.67. The van der Waals surface area contributed by atoms with E-state index in [1.807, 2.05) is 6.92 Å². The van der Waals surface area contributed by atoms with Gasteiger partial charge in [-0.1, -0.05) is 79.1 Å². The van der Waals surface area contributed by atoms with Crippen LogP contribution in [0.15, 0.2) is 0 Å². The molecule has 0 spiro atoms. The van der Waals surface area contributed by atoms with Crippen LogP contribution in [0.1, 0.15) is 91.9 Å². The fourth-order valence-corrected chi connectivity index (χ4v) is 2.32. The molecule has 0 heterocycles. The van der Waals surface area contributed by atoms with Crippen molar-refractivity contribution in [1.82, 2.24) is 0 Å². The van der Waals surface area contributed by atoms with Gasteiger partial charge in [0, 0.05) is 11.8 Å². The highest BCUT2D eigenvalue weighted by Gasteiger charge is 2.24. The van der Waals surface area contributed by atoms with E-state index in [-0.39, 0.29) is 5.41 Å². The second-order valence-corrected chi connectivity index (χ2v) is 5.89. The number of carbonyl (C=O) groups excluding carboxylic acids is 1. The molecule has 0 aromatic heterocycles. The molecule has 0 aromatic rings. The molecule has 0 aliphatic heterocycles. The molecule has 0 aromatic carbocycles. The van der Waals surface area contributed by atoms with E-state index in [9.17, 15) is 4.79 Å². The highest BCUT2D eigenvalue weighted by molar-refractivity contribution is 5.83. The van der Waals surface area contributed by atoms with Gasteiger partial charge < -0.3 is 0 Å². The molecule has 0 aliphatic rings. The maximum atomic E-state index is 11.7. The van der Waals surface area contributed by atoms with E-state index in [0.29, 0.717) is 12.2 Å². The summed E-state index contributed by atoms with van der Waals surface area (Å²) in [6.07, 6.45) is 12.5.